The van der Waals surface area contributed by atoms with Gasteiger partial charge in [-0.1, -0.05) is 23.7 Å². The first-order chi connectivity index (χ1) is 9.02. The third-order valence-corrected chi connectivity index (χ3v) is 3.84. The highest BCUT2D eigenvalue weighted by atomic mass is 35.5. The van der Waals surface area contributed by atoms with E-state index in [1.807, 2.05) is 17.9 Å². The number of aliphatic hydroxyl groups excluding tert-OH is 1. The zero-order chi connectivity index (χ0) is 14.0. The lowest BCUT2D eigenvalue weighted by Gasteiger charge is -2.36. The van der Waals surface area contributed by atoms with Crippen LogP contribution in [0.2, 0.25) is 5.02 Å². The van der Waals surface area contributed by atoms with Crippen LogP contribution < -0.4 is 10.6 Å². The molecule has 2 unspecified atom stereocenters. The van der Waals surface area contributed by atoms with Crippen molar-refractivity contribution in [1.29, 1.82) is 0 Å². The van der Waals surface area contributed by atoms with Crippen LogP contribution in [0.4, 0.5) is 5.69 Å². The summed E-state index contributed by atoms with van der Waals surface area (Å²) < 4.78 is 0. The third-order valence-electron chi connectivity index (χ3n) is 3.60. The second kappa shape index (κ2) is 5.67. The summed E-state index contributed by atoms with van der Waals surface area (Å²) in [6.07, 6.45) is 0.531. The van der Waals surface area contributed by atoms with Gasteiger partial charge in [0, 0.05) is 29.4 Å². The quantitative estimate of drug-likeness (QED) is 0.333. The van der Waals surface area contributed by atoms with Crippen LogP contribution in [0.1, 0.15) is 18.9 Å². The van der Waals surface area contributed by atoms with Gasteiger partial charge in [0.15, 0.2) is 5.84 Å². The van der Waals surface area contributed by atoms with E-state index in [0.717, 1.165) is 18.7 Å². The molecule has 2 atom stereocenters. The van der Waals surface area contributed by atoms with Gasteiger partial charge in [-0.25, -0.2) is 0 Å². The Balaban J connectivity index is 2.34. The van der Waals surface area contributed by atoms with Crippen LogP contribution in [0, 0.1) is 5.92 Å². The maximum atomic E-state index is 9.97. The minimum Gasteiger partial charge on any atom is -0.409 e. The van der Waals surface area contributed by atoms with E-state index in [9.17, 15) is 5.11 Å². The average molecular weight is 284 g/mol. The smallest absolute Gasteiger partial charge is 0.172 e. The van der Waals surface area contributed by atoms with Crippen LogP contribution in [-0.4, -0.2) is 35.3 Å². The largest absolute Gasteiger partial charge is 0.409 e. The van der Waals surface area contributed by atoms with Crippen LogP contribution in [0.15, 0.2) is 23.4 Å². The van der Waals surface area contributed by atoms with Crippen molar-refractivity contribution < 1.29 is 10.3 Å². The maximum absolute atomic E-state index is 9.97. The van der Waals surface area contributed by atoms with Crippen LogP contribution >= 0.6 is 11.6 Å². The van der Waals surface area contributed by atoms with Crippen LogP contribution in [0.3, 0.4) is 0 Å². The van der Waals surface area contributed by atoms with Gasteiger partial charge in [0.1, 0.15) is 0 Å². The number of benzene rings is 1. The molecule has 1 fully saturated rings. The number of oxime groups is 1. The van der Waals surface area contributed by atoms with Crippen LogP contribution in [0.25, 0.3) is 0 Å². The van der Waals surface area contributed by atoms with E-state index in [-0.39, 0.29) is 17.9 Å². The van der Waals surface area contributed by atoms with Crippen molar-refractivity contribution in [2.75, 3.05) is 18.0 Å². The maximum Gasteiger partial charge on any atom is 0.172 e. The van der Waals surface area contributed by atoms with Crippen molar-refractivity contribution in [3.8, 4) is 0 Å². The van der Waals surface area contributed by atoms with E-state index in [2.05, 4.69) is 5.16 Å². The Morgan fingerprint density at radius 2 is 2.26 bits per heavy atom. The standard InChI is InChI=1S/C13H18ClN3O2/c1-8-4-5-17(7-12(8)18)11-3-2-9(14)6-10(11)13(15)16-19/h2-3,6,8,12,18-19H,4-5,7H2,1H3,(H2,15,16). The lowest BCUT2D eigenvalue weighted by atomic mass is 9.95. The number of piperidine rings is 1. The number of halogens is 1. The number of aliphatic hydroxyl groups is 1. The molecule has 1 aromatic carbocycles. The highest BCUT2D eigenvalue weighted by Crippen LogP contribution is 2.28. The van der Waals surface area contributed by atoms with E-state index < -0.39 is 0 Å². The number of nitrogens with two attached hydrogens (primary N) is 1. The predicted octanol–water partition coefficient (Wildman–Crippen LogP) is 1.64. The molecule has 0 radical (unpaired) electrons. The molecular weight excluding hydrogens is 266 g/mol. The Morgan fingerprint density at radius 3 is 2.89 bits per heavy atom. The second-order valence-corrected chi connectivity index (χ2v) is 5.36. The summed E-state index contributed by atoms with van der Waals surface area (Å²) in [5.74, 6) is 0.307. The molecule has 6 heteroatoms. The monoisotopic (exact) mass is 283 g/mol. The summed E-state index contributed by atoms with van der Waals surface area (Å²) in [5, 5.41) is 22.4. The molecule has 0 aromatic heterocycles. The molecule has 0 spiro atoms. The fourth-order valence-corrected chi connectivity index (χ4v) is 2.48. The van der Waals surface area contributed by atoms with Gasteiger partial charge in [0.2, 0.25) is 0 Å². The fraction of sp³-hybridized carbons (Fsp3) is 0.462. The van der Waals surface area contributed by atoms with Crippen LogP contribution in [0.5, 0.6) is 0 Å². The summed E-state index contributed by atoms with van der Waals surface area (Å²) in [4.78, 5) is 2.04. The topological polar surface area (TPSA) is 82.1 Å². The van der Waals surface area contributed by atoms with Crippen LogP contribution in [-0.2, 0) is 0 Å². The molecule has 0 saturated carbocycles. The number of amidine groups is 1. The van der Waals surface area contributed by atoms with Crippen molar-refractivity contribution in [2.24, 2.45) is 16.8 Å². The molecule has 19 heavy (non-hydrogen) atoms. The first kappa shape index (κ1) is 14.0. The van der Waals surface area contributed by atoms with Gasteiger partial charge in [-0.05, 0) is 30.5 Å². The van der Waals surface area contributed by atoms with Crippen molar-refractivity contribution >= 4 is 23.1 Å². The zero-order valence-electron chi connectivity index (χ0n) is 10.8. The molecule has 104 valence electrons. The highest BCUT2D eigenvalue weighted by Gasteiger charge is 2.26. The van der Waals surface area contributed by atoms with Crippen molar-refractivity contribution in [3.05, 3.63) is 28.8 Å². The molecule has 1 aliphatic rings. The summed E-state index contributed by atoms with van der Waals surface area (Å²) in [6.45, 7) is 3.40. The molecule has 0 bridgehead atoms. The second-order valence-electron chi connectivity index (χ2n) is 4.93. The van der Waals surface area contributed by atoms with E-state index >= 15 is 0 Å². The molecule has 1 aromatic rings. The van der Waals surface area contributed by atoms with Gasteiger partial charge in [0.25, 0.3) is 0 Å². The van der Waals surface area contributed by atoms with E-state index in [4.69, 9.17) is 22.5 Å². The first-order valence-electron chi connectivity index (χ1n) is 6.23. The molecule has 4 N–H and O–H groups in total. The minimum absolute atomic E-state index is 0.0191. The molecule has 2 rings (SSSR count). The molecule has 1 saturated heterocycles. The van der Waals surface area contributed by atoms with Gasteiger partial charge in [0.05, 0.1) is 6.10 Å². The number of nitrogens with zero attached hydrogens (tertiary/aromatic N) is 2. The summed E-state index contributed by atoms with van der Waals surface area (Å²) >= 11 is 5.95. The summed E-state index contributed by atoms with van der Waals surface area (Å²) in [5.41, 5.74) is 7.09. The van der Waals surface area contributed by atoms with Gasteiger partial charge in [-0.2, -0.15) is 0 Å². The predicted molar refractivity (Wildman–Crippen MR) is 76.0 cm³/mol. The Bertz CT molecular complexity index is 493. The normalized spacial score (nSPS) is 24.6. The number of rotatable bonds is 2. The Labute approximate surface area is 117 Å². The Morgan fingerprint density at radius 1 is 1.53 bits per heavy atom. The Hall–Kier alpha value is -1.46. The summed E-state index contributed by atoms with van der Waals surface area (Å²) in [7, 11) is 0. The average Bonchev–Trinajstić information content (AvgIpc) is 2.41. The Kier molecular flexibility index (Phi) is 4.17. The van der Waals surface area contributed by atoms with Gasteiger partial charge in [-0.15, -0.1) is 0 Å². The molecule has 1 heterocycles. The van der Waals surface area contributed by atoms with E-state index in [1.165, 1.54) is 0 Å². The minimum atomic E-state index is -0.371. The first-order valence-corrected chi connectivity index (χ1v) is 6.61. The zero-order valence-corrected chi connectivity index (χ0v) is 11.5. The lowest BCUT2D eigenvalue weighted by molar-refractivity contribution is 0.103. The lowest BCUT2D eigenvalue weighted by Crippen LogP contribution is -2.43. The van der Waals surface area contributed by atoms with E-state index in [1.54, 1.807) is 12.1 Å². The van der Waals surface area contributed by atoms with Crippen molar-refractivity contribution in [2.45, 2.75) is 19.4 Å². The highest BCUT2D eigenvalue weighted by molar-refractivity contribution is 6.31. The van der Waals surface area contributed by atoms with Gasteiger partial charge < -0.3 is 20.9 Å². The molecule has 0 amide bonds. The third kappa shape index (κ3) is 2.93. The van der Waals surface area contributed by atoms with Gasteiger partial charge in [-0.3, -0.25) is 0 Å². The fourth-order valence-electron chi connectivity index (χ4n) is 2.31. The number of hydrogen-bond acceptors (Lipinski definition) is 4. The molecule has 1 aliphatic heterocycles. The SMILES string of the molecule is CC1CCN(c2ccc(Cl)cc2/C(N)=N/O)CC1O. The van der Waals surface area contributed by atoms with Gasteiger partial charge >= 0.3 is 0 Å². The van der Waals surface area contributed by atoms with E-state index in [0.29, 0.717) is 17.1 Å². The van der Waals surface area contributed by atoms with Crippen molar-refractivity contribution in [3.63, 3.8) is 0 Å². The number of anilines is 1. The summed E-state index contributed by atoms with van der Waals surface area (Å²) in [6, 6.07) is 5.25. The molecule has 5 nitrogen and oxygen atoms in total. The van der Waals surface area contributed by atoms with Crippen molar-refractivity contribution in [1.82, 2.24) is 0 Å². The molecular formula is C13H18ClN3O2. The number of β-amino-alcohol motifs (C(OH)–C–C–N with tert-alkyl or cyclic N) is 1. The molecule has 0 aliphatic carbocycles. The number of hydrogen-bond donors (Lipinski definition) is 3.